The van der Waals surface area contributed by atoms with Gasteiger partial charge in [0, 0.05) is 13.1 Å². The summed E-state index contributed by atoms with van der Waals surface area (Å²) in [7, 11) is 0. The molecule has 0 atom stereocenters. The van der Waals surface area contributed by atoms with Gasteiger partial charge in [0.15, 0.2) is 0 Å². The van der Waals surface area contributed by atoms with Crippen LogP contribution in [0.5, 0.6) is 0 Å². The van der Waals surface area contributed by atoms with Crippen LogP contribution in [0.2, 0.25) is 0 Å². The van der Waals surface area contributed by atoms with E-state index in [1.165, 1.54) is 4.90 Å². The molecule has 0 N–H and O–H groups in total. The fraction of sp³-hybridized carbons (Fsp3) is 0.444. The van der Waals surface area contributed by atoms with Gasteiger partial charge >= 0.3 is 18.4 Å². The third-order valence-electron chi connectivity index (χ3n) is 4.40. The summed E-state index contributed by atoms with van der Waals surface area (Å²) in [6.45, 7) is 2.21. The minimum atomic E-state index is -4.96. The van der Waals surface area contributed by atoms with E-state index in [1.807, 2.05) is 0 Å². The summed E-state index contributed by atoms with van der Waals surface area (Å²) in [6.07, 6.45) is -10.1. The molecule has 1 aliphatic heterocycles. The first kappa shape index (κ1) is 21.0. The minimum absolute atomic E-state index is 0.0314. The number of carbonyl (C=O) groups is 1. The lowest BCUT2D eigenvalue weighted by atomic mass is 10.1. The fourth-order valence-electron chi connectivity index (χ4n) is 3.10. The van der Waals surface area contributed by atoms with Gasteiger partial charge in [0.25, 0.3) is 0 Å². The van der Waals surface area contributed by atoms with Gasteiger partial charge in [-0.1, -0.05) is 0 Å². The normalized spacial score (nSPS) is 15.1. The molecule has 1 aromatic carbocycles. The Kier molecular flexibility index (Phi) is 5.50. The van der Waals surface area contributed by atoms with Crippen molar-refractivity contribution in [2.24, 2.45) is 0 Å². The van der Waals surface area contributed by atoms with Crippen LogP contribution in [0.4, 0.5) is 31.1 Å². The highest BCUT2D eigenvalue weighted by Crippen LogP contribution is 2.36. The Morgan fingerprint density at radius 1 is 1.03 bits per heavy atom. The number of aryl methyl sites for hydroxylation is 2. The Morgan fingerprint density at radius 3 is 2.24 bits per heavy atom. The van der Waals surface area contributed by atoms with E-state index in [4.69, 9.17) is 4.74 Å². The van der Waals surface area contributed by atoms with Gasteiger partial charge < -0.3 is 9.64 Å². The van der Waals surface area contributed by atoms with Gasteiger partial charge in [0.05, 0.1) is 29.1 Å². The quantitative estimate of drug-likeness (QED) is 0.657. The second-order valence-electron chi connectivity index (χ2n) is 6.74. The summed E-state index contributed by atoms with van der Waals surface area (Å²) in [5.74, 6) is 0. The standard InChI is InChI=1S/C18H17F6N3O2/c1-11-5-15-9-26(3-2-4-27(15)25-11)16(28)29-10-12-6-13(17(19,20)21)8-14(7-12)18(22,23)24/h5-8H,2-4,9-10H2,1H3. The molecule has 0 spiro atoms. The van der Waals surface area contributed by atoms with Crippen molar-refractivity contribution in [3.8, 4) is 0 Å². The van der Waals surface area contributed by atoms with Crippen molar-refractivity contribution in [3.63, 3.8) is 0 Å². The van der Waals surface area contributed by atoms with Crippen LogP contribution in [0.1, 0.15) is 34.5 Å². The topological polar surface area (TPSA) is 47.4 Å². The Hall–Kier alpha value is -2.72. The first-order valence-corrected chi connectivity index (χ1v) is 8.67. The molecule has 2 aromatic rings. The average molecular weight is 421 g/mol. The third kappa shape index (κ3) is 5.01. The number of halogens is 6. The number of amides is 1. The molecular formula is C18H17F6N3O2. The van der Waals surface area contributed by atoms with Crippen LogP contribution in [0.3, 0.4) is 0 Å². The molecule has 3 rings (SSSR count). The summed E-state index contributed by atoms with van der Waals surface area (Å²) in [5.41, 5.74) is -1.74. The van der Waals surface area contributed by atoms with Crippen molar-refractivity contribution in [2.45, 2.75) is 45.4 Å². The SMILES string of the molecule is Cc1cc2n(n1)CCCN(C(=O)OCc1cc(C(F)(F)F)cc(C(F)(F)F)c1)C2. The number of rotatable bonds is 2. The largest absolute Gasteiger partial charge is 0.445 e. The molecule has 158 valence electrons. The minimum Gasteiger partial charge on any atom is -0.445 e. The van der Waals surface area contributed by atoms with Crippen molar-refractivity contribution < 1.29 is 35.9 Å². The fourth-order valence-corrected chi connectivity index (χ4v) is 3.10. The highest BCUT2D eigenvalue weighted by molar-refractivity contribution is 5.67. The number of ether oxygens (including phenoxy) is 1. The molecule has 11 heteroatoms. The Labute approximate surface area is 161 Å². The monoisotopic (exact) mass is 421 g/mol. The number of hydrogen-bond donors (Lipinski definition) is 0. The van der Waals surface area contributed by atoms with E-state index >= 15 is 0 Å². The van der Waals surface area contributed by atoms with Crippen molar-refractivity contribution in [1.82, 2.24) is 14.7 Å². The molecule has 0 bridgehead atoms. The summed E-state index contributed by atoms with van der Waals surface area (Å²) >= 11 is 0. The van der Waals surface area contributed by atoms with Crippen LogP contribution >= 0.6 is 0 Å². The molecule has 1 amide bonds. The van der Waals surface area contributed by atoms with Crippen molar-refractivity contribution in [1.29, 1.82) is 0 Å². The molecule has 0 saturated heterocycles. The van der Waals surface area contributed by atoms with E-state index in [9.17, 15) is 31.1 Å². The van der Waals surface area contributed by atoms with Crippen molar-refractivity contribution in [3.05, 3.63) is 52.3 Å². The molecule has 2 heterocycles. The summed E-state index contributed by atoms with van der Waals surface area (Å²) in [6, 6.07) is 2.92. The number of hydrogen-bond acceptors (Lipinski definition) is 3. The number of fused-ring (bicyclic) bond motifs is 1. The number of nitrogens with zero attached hydrogens (tertiary/aromatic N) is 3. The van der Waals surface area contributed by atoms with Crippen LogP contribution in [0, 0.1) is 6.92 Å². The van der Waals surface area contributed by atoms with Gasteiger partial charge in [-0.25, -0.2) is 4.79 Å². The molecule has 0 unspecified atom stereocenters. The molecule has 1 aliphatic rings. The van der Waals surface area contributed by atoms with Gasteiger partial charge in [-0.05, 0) is 43.2 Å². The Morgan fingerprint density at radius 2 is 1.66 bits per heavy atom. The van der Waals surface area contributed by atoms with Gasteiger partial charge in [0.1, 0.15) is 6.61 Å². The van der Waals surface area contributed by atoms with E-state index < -0.39 is 41.7 Å². The zero-order chi connectivity index (χ0) is 21.4. The molecule has 0 radical (unpaired) electrons. The second kappa shape index (κ2) is 7.60. The Bertz CT molecular complexity index is 872. The zero-order valence-electron chi connectivity index (χ0n) is 15.3. The van der Waals surface area contributed by atoms with Crippen LogP contribution in [-0.4, -0.2) is 27.3 Å². The number of carbonyl (C=O) groups excluding carboxylic acids is 1. The maximum atomic E-state index is 12.9. The van der Waals surface area contributed by atoms with E-state index in [1.54, 1.807) is 17.7 Å². The predicted octanol–water partition coefficient (Wildman–Crippen LogP) is 4.77. The lowest BCUT2D eigenvalue weighted by Crippen LogP contribution is -2.31. The van der Waals surface area contributed by atoms with Crippen molar-refractivity contribution in [2.75, 3.05) is 6.54 Å². The van der Waals surface area contributed by atoms with E-state index in [0.717, 1.165) is 11.4 Å². The highest BCUT2D eigenvalue weighted by Gasteiger charge is 2.37. The van der Waals surface area contributed by atoms with Gasteiger partial charge in [-0.2, -0.15) is 31.4 Å². The number of aromatic nitrogens is 2. The predicted molar refractivity (Wildman–Crippen MR) is 88.6 cm³/mol. The van der Waals surface area contributed by atoms with E-state index in [0.29, 0.717) is 31.6 Å². The van der Waals surface area contributed by atoms with Crippen LogP contribution in [0.15, 0.2) is 24.3 Å². The number of benzene rings is 1. The molecule has 0 fully saturated rings. The van der Waals surface area contributed by atoms with E-state index in [2.05, 4.69) is 5.10 Å². The highest BCUT2D eigenvalue weighted by atomic mass is 19.4. The van der Waals surface area contributed by atoms with Gasteiger partial charge in [-0.3, -0.25) is 4.68 Å². The average Bonchev–Trinajstić information content (AvgIpc) is 2.84. The zero-order valence-corrected chi connectivity index (χ0v) is 15.3. The van der Waals surface area contributed by atoms with Crippen LogP contribution in [0.25, 0.3) is 0 Å². The van der Waals surface area contributed by atoms with Gasteiger partial charge in [-0.15, -0.1) is 0 Å². The first-order valence-electron chi connectivity index (χ1n) is 8.67. The van der Waals surface area contributed by atoms with Crippen LogP contribution < -0.4 is 0 Å². The van der Waals surface area contributed by atoms with Gasteiger partial charge in [0.2, 0.25) is 0 Å². The van der Waals surface area contributed by atoms with E-state index in [-0.39, 0.29) is 12.6 Å². The molecular weight excluding hydrogens is 404 g/mol. The molecule has 1 aromatic heterocycles. The first-order chi connectivity index (χ1) is 13.4. The lowest BCUT2D eigenvalue weighted by molar-refractivity contribution is -0.143. The van der Waals surface area contributed by atoms with Crippen molar-refractivity contribution >= 4 is 6.09 Å². The third-order valence-corrected chi connectivity index (χ3v) is 4.40. The second-order valence-corrected chi connectivity index (χ2v) is 6.74. The summed E-state index contributed by atoms with van der Waals surface area (Å²) in [4.78, 5) is 13.7. The Balaban J connectivity index is 1.74. The molecule has 5 nitrogen and oxygen atoms in total. The lowest BCUT2D eigenvalue weighted by Gasteiger charge is -2.20. The maximum absolute atomic E-state index is 12.9. The maximum Gasteiger partial charge on any atom is 0.416 e. The van der Waals surface area contributed by atoms with Crippen LogP contribution in [-0.2, 0) is 36.8 Å². The smallest absolute Gasteiger partial charge is 0.416 e. The molecule has 29 heavy (non-hydrogen) atoms. The molecule has 0 saturated carbocycles. The number of alkyl halides is 6. The summed E-state index contributed by atoms with van der Waals surface area (Å²) in [5, 5.41) is 4.29. The summed E-state index contributed by atoms with van der Waals surface area (Å²) < 4.78 is 84.3. The molecule has 0 aliphatic carbocycles.